The minimum absolute atomic E-state index is 0.0194. The van der Waals surface area contributed by atoms with Gasteiger partial charge >= 0.3 is 22.1 Å². The lowest BCUT2D eigenvalue weighted by atomic mass is 9.81. The fourth-order valence-electron chi connectivity index (χ4n) is 5.71. The number of amides is 1. The van der Waals surface area contributed by atoms with Gasteiger partial charge in [-0.25, -0.2) is 18.8 Å². The molecule has 2 aliphatic rings. The molecule has 3 heterocycles. The average molecular weight is 569 g/mol. The van der Waals surface area contributed by atoms with Gasteiger partial charge in [0.25, 0.3) is 5.65 Å². The number of benzene rings is 1. The van der Waals surface area contributed by atoms with Crippen LogP contribution in [0.1, 0.15) is 59.6 Å². The van der Waals surface area contributed by atoms with Crippen LogP contribution in [0.3, 0.4) is 0 Å². The van der Waals surface area contributed by atoms with E-state index in [2.05, 4.69) is 0 Å². The first-order valence-electron chi connectivity index (χ1n) is 13.1. The molecule has 0 radical (unpaired) electrons. The lowest BCUT2D eigenvalue weighted by molar-refractivity contribution is -0.582. The Hall–Kier alpha value is -3.90. The molecule has 1 fully saturated rings. The number of carbonyl (C=O) groups excluding carboxylic acids is 2. The van der Waals surface area contributed by atoms with Crippen molar-refractivity contribution in [2.45, 2.75) is 44.6 Å². The summed E-state index contributed by atoms with van der Waals surface area (Å²) in [7, 11) is 1.29. The van der Waals surface area contributed by atoms with Gasteiger partial charge in [-0.1, -0.05) is 19.3 Å². The van der Waals surface area contributed by atoms with Crippen LogP contribution in [-0.4, -0.2) is 57.5 Å². The number of hydrogen-bond donors (Lipinski definition) is 1. The van der Waals surface area contributed by atoms with Gasteiger partial charge in [-0.15, -0.1) is 0 Å². The molecule has 1 aromatic carbocycles. The van der Waals surface area contributed by atoms with Gasteiger partial charge < -0.3 is 14.7 Å². The lowest BCUT2D eigenvalue weighted by Gasteiger charge is -2.22. The van der Waals surface area contributed by atoms with Gasteiger partial charge in [0, 0.05) is 25.2 Å². The largest absolute Gasteiger partial charge is 0.710 e. The van der Waals surface area contributed by atoms with Crippen LogP contribution in [0, 0.1) is 5.21 Å². The van der Waals surface area contributed by atoms with Gasteiger partial charge in [0.05, 0.1) is 25.2 Å². The van der Waals surface area contributed by atoms with E-state index >= 15 is 0 Å². The third kappa shape index (κ3) is 4.71. The van der Waals surface area contributed by atoms with Crippen molar-refractivity contribution < 1.29 is 32.2 Å². The Morgan fingerprint density at radius 3 is 2.48 bits per heavy atom. The van der Waals surface area contributed by atoms with Crippen molar-refractivity contribution in [3.05, 3.63) is 57.9 Å². The molecule has 1 aliphatic carbocycles. The topological polar surface area (TPSA) is 134 Å². The molecule has 0 spiro atoms. The van der Waals surface area contributed by atoms with Gasteiger partial charge in [-0.05, 0) is 60.7 Å². The molecule has 1 aliphatic heterocycles. The summed E-state index contributed by atoms with van der Waals surface area (Å²) in [6, 6.07) is 8.64. The highest BCUT2D eigenvalue weighted by atomic mass is 32.2. The Bertz CT molecular complexity index is 1650. The van der Waals surface area contributed by atoms with Crippen LogP contribution in [-0.2, 0) is 26.3 Å². The normalized spacial score (nSPS) is 15.7. The molecule has 1 amide bonds. The zero-order valence-electron chi connectivity index (χ0n) is 22.9. The maximum atomic E-state index is 13.9. The Kier molecular flexibility index (Phi) is 7.32. The predicted molar refractivity (Wildman–Crippen MR) is 149 cm³/mol. The number of nitrogens with zero attached hydrogens (tertiary/aromatic N) is 3. The average Bonchev–Trinajstić information content (AvgIpc) is 3.17. The number of fused-ring (bicyclic) bond motifs is 5. The van der Waals surface area contributed by atoms with Crippen molar-refractivity contribution in [1.29, 1.82) is 0 Å². The fourth-order valence-corrected chi connectivity index (χ4v) is 6.23. The first-order valence-corrected chi connectivity index (χ1v) is 14.5. The summed E-state index contributed by atoms with van der Waals surface area (Å²) in [6.07, 6.45) is 6.87. The zero-order chi connectivity index (χ0) is 28.8. The number of aromatic nitrogens is 2. The number of esters is 1. The Morgan fingerprint density at radius 1 is 1.10 bits per heavy atom. The standard InChI is InChI=1S/C28H32N4O7S/c1-30(2)40(36,37)29-26(33)23-13-12-22-24(17-8-6-5-7-9-17)25-21-11-10-20(38-3)15-18(21)14-19(28(34)39-4)16-31(25)27(22)32(23)35/h10-15,17H,5-9,16H2,1-4H3,(H,29,33). The van der Waals surface area contributed by atoms with Gasteiger partial charge in [0.15, 0.2) is 5.69 Å². The summed E-state index contributed by atoms with van der Waals surface area (Å²) in [6.45, 7) is 0.0194. The summed E-state index contributed by atoms with van der Waals surface area (Å²) in [5.74, 6) is -0.826. The molecule has 11 nitrogen and oxygen atoms in total. The van der Waals surface area contributed by atoms with Crippen LogP contribution in [0.25, 0.3) is 28.4 Å². The first-order chi connectivity index (χ1) is 19.1. The van der Waals surface area contributed by atoms with Crippen LogP contribution in [0.2, 0.25) is 0 Å². The summed E-state index contributed by atoms with van der Waals surface area (Å²) in [5, 5.41) is 14.6. The number of nitrogens with one attached hydrogen (secondary N) is 1. The first kappa shape index (κ1) is 27.7. The molecule has 5 rings (SSSR count). The molecule has 3 aromatic rings. The number of methoxy groups -OCH3 is 2. The summed E-state index contributed by atoms with van der Waals surface area (Å²) in [5.41, 5.74) is 3.44. The number of pyridine rings is 1. The van der Waals surface area contributed by atoms with E-state index in [4.69, 9.17) is 9.47 Å². The second-order valence-electron chi connectivity index (χ2n) is 10.3. The van der Waals surface area contributed by atoms with Gasteiger partial charge in [0.1, 0.15) is 18.0 Å². The van der Waals surface area contributed by atoms with Crippen LogP contribution < -0.4 is 14.2 Å². The van der Waals surface area contributed by atoms with Crippen LogP contribution in [0.4, 0.5) is 0 Å². The van der Waals surface area contributed by atoms with Crippen molar-refractivity contribution >= 4 is 39.2 Å². The molecule has 212 valence electrons. The maximum absolute atomic E-state index is 13.9. The third-order valence-corrected chi connectivity index (χ3v) is 9.10. The van der Waals surface area contributed by atoms with E-state index in [1.807, 2.05) is 22.9 Å². The molecule has 0 unspecified atom stereocenters. The molecule has 1 N–H and O–H groups in total. The molecule has 0 atom stereocenters. The molecule has 0 saturated heterocycles. The van der Waals surface area contributed by atoms with E-state index in [0.29, 0.717) is 21.4 Å². The molecule has 2 aromatic heterocycles. The van der Waals surface area contributed by atoms with E-state index in [-0.39, 0.29) is 23.8 Å². The Morgan fingerprint density at radius 2 is 1.82 bits per heavy atom. The smallest absolute Gasteiger partial charge is 0.337 e. The van der Waals surface area contributed by atoms with Crippen LogP contribution >= 0.6 is 0 Å². The Balaban J connectivity index is 1.82. The van der Waals surface area contributed by atoms with Crippen molar-refractivity contribution in [2.75, 3.05) is 28.3 Å². The number of ether oxygens (including phenoxy) is 2. The third-order valence-electron chi connectivity index (χ3n) is 7.70. The van der Waals surface area contributed by atoms with Crippen LogP contribution in [0.15, 0.2) is 35.9 Å². The number of hydrogen-bond acceptors (Lipinski definition) is 7. The van der Waals surface area contributed by atoms with Crippen LogP contribution in [0.5, 0.6) is 5.75 Å². The highest BCUT2D eigenvalue weighted by Gasteiger charge is 2.36. The van der Waals surface area contributed by atoms with Crippen molar-refractivity contribution in [3.63, 3.8) is 0 Å². The molecular formula is C28H32N4O7S. The highest BCUT2D eigenvalue weighted by Crippen LogP contribution is 2.46. The minimum Gasteiger partial charge on any atom is -0.710 e. The fraction of sp³-hybridized carbons (Fsp3) is 0.393. The van der Waals surface area contributed by atoms with E-state index in [1.165, 1.54) is 27.3 Å². The van der Waals surface area contributed by atoms with Gasteiger partial charge in [-0.3, -0.25) is 4.79 Å². The molecule has 12 heteroatoms. The molecule has 40 heavy (non-hydrogen) atoms. The van der Waals surface area contributed by atoms with E-state index < -0.39 is 22.1 Å². The Labute approximate surface area is 232 Å². The maximum Gasteiger partial charge on any atom is 0.337 e. The van der Waals surface area contributed by atoms with Crippen molar-refractivity contribution in [3.8, 4) is 17.0 Å². The number of rotatable bonds is 6. The molecule has 0 bridgehead atoms. The van der Waals surface area contributed by atoms with E-state index in [9.17, 15) is 23.2 Å². The summed E-state index contributed by atoms with van der Waals surface area (Å²) < 4.78 is 40.2. The minimum atomic E-state index is -4.13. The van der Waals surface area contributed by atoms with Gasteiger partial charge in [-0.2, -0.15) is 12.7 Å². The SMILES string of the molecule is COC(=O)C1=Cc2cc(OC)ccc2-c2c(C3CCCCC3)c3ccc(C(=O)NS(=O)(=O)N(C)C)[n+]([O-])c3n2C1. The molecule has 1 saturated carbocycles. The second-order valence-corrected chi connectivity index (χ2v) is 12.2. The van der Waals surface area contributed by atoms with E-state index in [0.717, 1.165) is 58.8 Å². The van der Waals surface area contributed by atoms with Gasteiger partial charge in [0.2, 0.25) is 0 Å². The lowest BCUT2D eigenvalue weighted by Crippen LogP contribution is -2.45. The molecular weight excluding hydrogens is 536 g/mol. The summed E-state index contributed by atoms with van der Waals surface area (Å²) in [4.78, 5) is 25.9. The second kappa shape index (κ2) is 10.6. The van der Waals surface area contributed by atoms with Crippen molar-refractivity contribution in [2.24, 2.45) is 0 Å². The highest BCUT2D eigenvalue weighted by molar-refractivity contribution is 7.87. The van der Waals surface area contributed by atoms with E-state index in [1.54, 1.807) is 23.8 Å². The monoisotopic (exact) mass is 568 g/mol. The number of carbonyl (C=O) groups is 2. The van der Waals surface area contributed by atoms with Crippen molar-refractivity contribution in [1.82, 2.24) is 13.6 Å². The zero-order valence-corrected chi connectivity index (χ0v) is 23.7. The quantitative estimate of drug-likeness (QED) is 0.274. The predicted octanol–water partition coefficient (Wildman–Crippen LogP) is 3.10. The summed E-state index contributed by atoms with van der Waals surface area (Å²) >= 11 is 0.